The fourth-order valence-electron chi connectivity index (χ4n) is 1.36. The van der Waals surface area contributed by atoms with Gasteiger partial charge in [-0.2, -0.15) is 5.10 Å². The number of rotatable bonds is 5. The molecule has 7 heteroatoms. The lowest BCUT2D eigenvalue weighted by atomic mass is 10.1. The monoisotopic (exact) mass is 298 g/mol. The number of carboxylic acid groups (broad SMARTS) is 1. The molecule has 0 unspecified atom stereocenters. The van der Waals surface area contributed by atoms with Gasteiger partial charge in [0.1, 0.15) is 11.5 Å². The summed E-state index contributed by atoms with van der Waals surface area (Å²) in [4.78, 5) is 21.9. The summed E-state index contributed by atoms with van der Waals surface area (Å²) in [5.74, 6) is -1.23. The minimum atomic E-state index is -1.20. The van der Waals surface area contributed by atoms with E-state index in [1.165, 1.54) is 6.92 Å². The van der Waals surface area contributed by atoms with E-state index in [0.717, 1.165) is 11.1 Å². The minimum Gasteiger partial charge on any atom is -0.484 e. The highest BCUT2D eigenvalue weighted by Crippen LogP contribution is 2.25. The number of carbonyl (C=O) groups excluding carboxylic acids is 1. The Labute approximate surface area is 121 Å². The van der Waals surface area contributed by atoms with Crippen LogP contribution in [-0.4, -0.2) is 29.3 Å². The third-order valence-corrected chi connectivity index (χ3v) is 3.03. The number of carbonyl (C=O) groups is 2. The number of hydrogen-bond donors (Lipinski definition) is 2. The fourth-order valence-corrected chi connectivity index (χ4v) is 1.47. The molecule has 0 spiro atoms. The number of ether oxygens (including phenoxy) is 1. The lowest BCUT2D eigenvalue weighted by molar-refractivity contribution is -0.129. The van der Waals surface area contributed by atoms with Crippen molar-refractivity contribution in [2.45, 2.75) is 20.8 Å². The third-order valence-electron chi connectivity index (χ3n) is 2.44. The molecule has 108 valence electrons. The molecule has 0 aliphatic rings. The highest BCUT2D eigenvalue weighted by atomic mass is 35.5. The van der Waals surface area contributed by atoms with Gasteiger partial charge in [-0.1, -0.05) is 11.6 Å². The van der Waals surface area contributed by atoms with Crippen molar-refractivity contribution in [2.24, 2.45) is 5.10 Å². The maximum atomic E-state index is 11.4. The first kappa shape index (κ1) is 16.0. The van der Waals surface area contributed by atoms with E-state index in [-0.39, 0.29) is 12.3 Å². The summed E-state index contributed by atoms with van der Waals surface area (Å²) in [5, 5.41) is 12.6. The zero-order valence-electron chi connectivity index (χ0n) is 11.4. The van der Waals surface area contributed by atoms with Gasteiger partial charge in [0.25, 0.3) is 5.91 Å². The van der Waals surface area contributed by atoms with Gasteiger partial charge in [0, 0.05) is 5.02 Å². The molecule has 1 rings (SSSR count). The molecular weight excluding hydrogens is 284 g/mol. The van der Waals surface area contributed by atoms with Crippen molar-refractivity contribution in [3.8, 4) is 5.75 Å². The van der Waals surface area contributed by atoms with Crippen LogP contribution in [0.15, 0.2) is 17.2 Å². The summed E-state index contributed by atoms with van der Waals surface area (Å²) in [6, 6.07) is 3.43. The molecule has 6 nitrogen and oxygen atoms in total. The molecule has 0 saturated carbocycles. The van der Waals surface area contributed by atoms with Crippen LogP contribution in [0.2, 0.25) is 5.02 Å². The van der Waals surface area contributed by atoms with Gasteiger partial charge in [-0.15, -0.1) is 0 Å². The van der Waals surface area contributed by atoms with Crippen LogP contribution in [0.5, 0.6) is 5.75 Å². The fraction of sp³-hybridized carbons (Fsp3) is 0.308. The number of halogens is 1. The molecule has 1 aromatic rings. The van der Waals surface area contributed by atoms with Crippen LogP contribution < -0.4 is 10.2 Å². The predicted octanol–water partition coefficient (Wildman–Crippen LogP) is 1.91. The summed E-state index contributed by atoms with van der Waals surface area (Å²) < 4.78 is 5.29. The summed E-state index contributed by atoms with van der Waals surface area (Å²) in [5.41, 5.74) is 3.58. The lowest BCUT2D eigenvalue weighted by Gasteiger charge is -2.09. The Hall–Kier alpha value is -2.08. The number of benzene rings is 1. The first-order valence-corrected chi connectivity index (χ1v) is 6.15. The molecule has 20 heavy (non-hydrogen) atoms. The van der Waals surface area contributed by atoms with Crippen molar-refractivity contribution >= 4 is 29.2 Å². The standard InChI is InChI=1S/C13H15ClN2O4/c1-7-4-10(5-8(2)12(7)14)20-6-11(17)16-15-9(3)13(18)19/h4-5H,6H2,1-3H3,(H,16,17)(H,18,19). The molecule has 0 aliphatic heterocycles. The number of nitrogens with one attached hydrogen (secondary N) is 1. The maximum Gasteiger partial charge on any atom is 0.351 e. The van der Waals surface area contributed by atoms with Crippen LogP contribution in [0.4, 0.5) is 0 Å². The van der Waals surface area contributed by atoms with Gasteiger partial charge in [-0.3, -0.25) is 4.79 Å². The van der Waals surface area contributed by atoms with Gasteiger partial charge < -0.3 is 9.84 Å². The number of nitrogens with zero attached hydrogens (tertiary/aromatic N) is 1. The number of amides is 1. The van der Waals surface area contributed by atoms with Crippen LogP contribution in [0, 0.1) is 13.8 Å². The summed E-state index contributed by atoms with van der Waals surface area (Å²) in [6.07, 6.45) is 0. The number of carboxylic acids is 1. The SMILES string of the molecule is CC(=NNC(=O)COc1cc(C)c(Cl)c(C)c1)C(=O)O. The van der Waals surface area contributed by atoms with Crippen LogP contribution in [-0.2, 0) is 9.59 Å². The Morgan fingerprint density at radius 3 is 2.40 bits per heavy atom. The van der Waals surface area contributed by atoms with Crippen molar-refractivity contribution in [3.63, 3.8) is 0 Å². The number of aryl methyl sites for hydroxylation is 2. The van der Waals surface area contributed by atoms with Crippen LogP contribution in [0.25, 0.3) is 0 Å². The second-order valence-corrected chi connectivity index (χ2v) is 4.58. The van der Waals surface area contributed by atoms with Crippen molar-refractivity contribution in [1.82, 2.24) is 5.43 Å². The third kappa shape index (κ3) is 4.55. The molecule has 0 heterocycles. The summed E-state index contributed by atoms with van der Waals surface area (Å²) in [7, 11) is 0. The van der Waals surface area contributed by atoms with Crippen molar-refractivity contribution in [3.05, 3.63) is 28.3 Å². The highest BCUT2D eigenvalue weighted by molar-refractivity contribution is 6.34. The zero-order valence-corrected chi connectivity index (χ0v) is 12.1. The lowest BCUT2D eigenvalue weighted by Crippen LogP contribution is -2.26. The predicted molar refractivity (Wildman–Crippen MR) is 75.3 cm³/mol. The van der Waals surface area contributed by atoms with Gasteiger partial charge in [0.05, 0.1) is 0 Å². The number of hydrazone groups is 1. The quantitative estimate of drug-likeness (QED) is 0.642. The Morgan fingerprint density at radius 1 is 1.35 bits per heavy atom. The van der Waals surface area contributed by atoms with Crippen molar-refractivity contribution in [2.75, 3.05) is 6.61 Å². The van der Waals surface area contributed by atoms with Crippen molar-refractivity contribution < 1.29 is 19.4 Å². The topological polar surface area (TPSA) is 88.0 Å². The summed E-state index contributed by atoms with van der Waals surface area (Å²) >= 11 is 6.02. The van der Waals surface area contributed by atoms with Crippen LogP contribution in [0.3, 0.4) is 0 Å². The molecule has 0 aliphatic carbocycles. The van der Waals surface area contributed by atoms with E-state index in [1.807, 2.05) is 13.8 Å². The smallest absolute Gasteiger partial charge is 0.351 e. The molecule has 1 amide bonds. The molecule has 0 aromatic heterocycles. The molecule has 0 atom stereocenters. The second kappa shape index (κ2) is 6.91. The van der Waals surface area contributed by atoms with E-state index in [4.69, 9.17) is 21.4 Å². The van der Waals surface area contributed by atoms with Gasteiger partial charge in [-0.05, 0) is 44.0 Å². The van der Waals surface area contributed by atoms with E-state index >= 15 is 0 Å². The molecule has 0 fully saturated rings. The van der Waals surface area contributed by atoms with E-state index in [2.05, 4.69) is 10.5 Å². The van der Waals surface area contributed by atoms with Gasteiger partial charge >= 0.3 is 5.97 Å². The second-order valence-electron chi connectivity index (χ2n) is 4.20. The van der Waals surface area contributed by atoms with E-state index in [9.17, 15) is 9.59 Å². The first-order chi connectivity index (χ1) is 9.31. The average molecular weight is 299 g/mol. The first-order valence-electron chi connectivity index (χ1n) is 5.77. The van der Waals surface area contributed by atoms with E-state index < -0.39 is 11.9 Å². The van der Waals surface area contributed by atoms with Gasteiger partial charge in [0.15, 0.2) is 6.61 Å². The molecule has 0 bridgehead atoms. The van der Waals surface area contributed by atoms with E-state index in [0.29, 0.717) is 10.8 Å². The van der Waals surface area contributed by atoms with Gasteiger partial charge in [-0.25, -0.2) is 10.2 Å². The Morgan fingerprint density at radius 2 is 1.90 bits per heavy atom. The molecule has 0 radical (unpaired) electrons. The Bertz CT molecular complexity index is 546. The Balaban J connectivity index is 2.58. The maximum absolute atomic E-state index is 11.4. The largest absolute Gasteiger partial charge is 0.484 e. The van der Waals surface area contributed by atoms with E-state index in [1.54, 1.807) is 12.1 Å². The number of aliphatic carboxylic acids is 1. The normalized spacial score (nSPS) is 11.1. The van der Waals surface area contributed by atoms with Gasteiger partial charge in [0.2, 0.25) is 0 Å². The Kier molecular flexibility index (Phi) is 5.52. The molecule has 1 aromatic carbocycles. The highest BCUT2D eigenvalue weighted by Gasteiger charge is 2.07. The molecular formula is C13H15ClN2O4. The van der Waals surface area contributed by atoms with Crippen LogP contribution in [0.1, 0.15) is 18.1 Å². The number of hydrogen-bond acceptors (Lipinski definition) is 4. The summed E-state index contributed by atoms with van der Waals surface area (Å²) in [6.45, 7) is 4.68. The molecule has 2 N–H and O–H groups in total. The van der Waals surface area contributed by atoms with Crippen LogP contribution >= 0.6 is 11.6 Å². The average Bonchev–Trinajstić information content (AvgIpc) is 2.39. The zero-order chi connectivity index (χ0) is 15.3. The van der Waals surface area contributed by atoms with Crippen molar-refractivity contribution in [1.29, 1.82) is 0 Å². The molecule has 0 saturated heterocycles. The minimum absolute atomic E-state index is 0.212.